The Bertz CT molecular complexity index is 799. The van der Waals surface area contributed by atoms with Crippen LogP contribution in [-0.2, 0) is 4.74 Å². The van der Waals surface area contributed by atoms with E-state index in [0.29, 0.717) is 16.1 Å². The maximum atomic E-state index is 12.0. The van der Waals surface area contributed by atoms with E-state index in [1.165, 1.54) is 7.11 Å². The van der Waals surface area contributed by atoms with Gasteiger partial charge in [0.05, 0.1) is 23.7 Å². The second kappa shape index (κ2) is 4.52. The fourth-order valence-electron chi connectivity index (χ4n) is 2.19. The maximum absolute atomic E-state index is 12.0. The summed E-state index contributed by atoms with van der Waals surface area (Å²) in [5, 5.41) is 2.12. The average molecular weight is 272 g/mol. The molecule has 1 aromatic heterocycles. The van der Waals surface area contributed by atoms with E-state index in [1.54, 1.807) is 18.2 Å². The molecule has 0 spiro atoms. The highest BCUT2D eigenvalue weighted by Gasteiger charge is 2.16. The smallest absolute Gasteiger partial charge is 0.339 e. The van der Waals surface area contributed by atoms with E-state index in [1.807, 2.05) is 24.3 Å². The van der Waals surface area contributed by atoms with Gasteiger partial charge in [-0.2, -0.15) is 0 Å². The van der Waals surface area contributed by atoms with Crippen LogP contribution >= 0.6 is 11.6 Å². The van der Waals surface area contributed by atoms with E-state index in [4.69, 9.17) is 16.3 Å². The molecule has 2 aromatic carbocycles. The molecule has 1 heterocycles. The molecule has 19 heavy (non-hydrogen) atoms. The van der Waals surface area contributed by atoms with E-state index >= 15 is 0 Å². The lowest BCUT2D eigenvalue weighted by atomic mass is 10.0. The number of benzene rings is 2. The predicted octanol–water partition coefficient (Wildman–Crippen LogP) is 3.83. The number of pyridine rings is 1. The minimum absolute atomic E-state index is 0.370. The van der Waals surface area contributed by atoms with Crippen molar-refractivity contribution in [2.45, 2.75) is 0 Å². The number of ether oxygens (including phenoxy) is 1. The summed E-state index contributed by atoms with van der Waals surface area (Å²) in [5.74, 6) is -0.370. The van der Waals surface area contributed by atoms with E-state index in [2.05, 4.69) is 4.98 Å². The van der Waals surface area contributed by atoms with E-state index < -0.39 is 0 Å². The summed E-state index contributed by atoms with van der Waals surface area (Å²) in [4.78, 5) is 16.6. The molecule has 0 amide bonds. The van der Waals surface area contributed by atoms with Gasteiger partial charge in [0.25, 0.3) is 0 Å². The molecule has 0 saturated carbocycles. The molecule has 0 N–H and O–H groups in total. The summed E-state index contributed by atoms with van der Waals surface area (Å²) in [6.07, 6.45) is 0. The number of carbonyl (C=O) groups is 1. The van der Waals surface area contributed by atoms with Crippen molar-refractivity contribution >= 4 is 39.4 Å². The summed E-state index contributed by atoms with van der Waals surface area (Å²) in [5.41, 5.74) is 1.96. The van der Waals surface area contributed by atoms with Crippen LogP contribution in [0, 0.1) is 0 Å². The third-order valence-corrected chi connectivity index (χ3v) is 3.27. The predicted molar refractivity (Wildman–Crippen MR) is 75.6 cm³/mol. The molecule has 4 heteroatoms. The molecule has 3 nitrogen and oxygen atoms in total. The first-order chi connectivity index (χ1) is 9.20. The van der Waals surface area contributed by atoms with Crippen molar-refractivity contribution in [2.75, 3.05) is 7.11 Å². The summed E-state index contributed by atoms with van der Waals surface area (Å²) in [6.45, 7) is 0. The number of hydrogen-bond donors (Lipinski definition) is 0. The van der Waals surface area contributed by atoms with Gasteiger partial charge in [-0.25, -0.2) is 9.78 Å². The van der Waals surface area contributed by atoms with Crippen LogP contribution < -0.4 is 0 Å². The monoisotopic (exact) mass is 271 g/mol. The molecule has 0 fully saturated rings. The quantitative estimate of drug-likeness (QED) is 0.499. The number of fused-ring (bicyclic) bond motifs is 2. The standard InChI is InChI=1S/C15H10ClNO2/c1-19-15(18)14-10-4-2-3-5-12(10)17-13-8-9(16)6-7-11(13)14/h2-8H,1H3. The first kappa shape index (κ1) is 11.9. The van der Waals surface area contributed by atoms with Gasteiger partial charge in [0, 0.05) is 15.8 Å². The number of methoxy groups -OCH3 is 1. The Morgan fingerprint density at radius 2 is 1.84 bits per heavy atom. The van der Waals surface area contributed by atoms with Gasteiger partial charge in [0.1, 0.15) is 0 Å². The van der Waals surface area contributed by atoms with Crippen LogP contribution in [0.4, 0.5) is 0 Å². The lowest BCUT2D eigenvalue weighted by Crippen LogP contribution is -2.04. The summed E-state index contributed by atoms with van der Waals surface area (Å²) >= 11 is 5.98. The second-order valence-electron chi connectivity index (χ2n) is 4.16. The molecular weight excluding hydrogens is 262 g/mol. The topological polar surface area (TPSA) is 39.2 Å². The molecule has 3 rings (SSSR count). The van der Waals surface area contributed by atoms with Crippen LogP contribution in [0.3, 0.4) is 0 Å². The number of rotatable bonds is 1. The van der Waals surface area contributed by atoms with Crippen LogP contribution in [0.2, 0.25) is 5.02 Å². The Kier molecular flexibility index (Phi) is 2.84. The normalized spacial score (nSPS) is 10.8. The number of para-hydroxylation sites is 1. The summed E-state index contributed by atoms with van der Waals surface area (Å²) in [7, 11) is 1.37. The van der Waals surface area contributed by atoms with Crippen LogP contribution in [0.5, 0.6) is 0 Å². The minimum atomic E-state index is -0.370. The third kappa shape index (κ3) is 1.92. The minimum Gasteiger partial charge on any atom is -0.465 e. The molecule has 0 atom stereocenters. The summed E-state index contributed by atoms with van der Waals surface area (Å²) in [6, 6.07) is 12.8. The molecule has 0 unspecified atom stereocenters. The molecule has 0 aliphatic rings. The van der Waals surface area contributed by atoms with Crippen molar-refractivity contribution < 1.29 is 9.53 Å². The SMILES string of the molecule is COC(=O)c1c2ccccc2nc2cc(Cl)ccc12. The van der Waals surface area contributed by atoms with Crippen molar-refractivity contribution in [3.05, 3.63) is 53.1 Å². The zero-order valence-corrected chi connectivity index (χ0v) is 10.9. The first-order valence-corrected chi connectivity index (χ1v) is 6.15. The van der Waals surface area contributed by atoms with Gasteiger partial charge in [0.2, 0.25) is 0 Å². The largest absolute Gasteiger partial charge is 0.465 e. The molecule has 0 saturated heterocycles. The molecule has 0 bridgehead atoms. The van der Waals surface area contributed by atoms with Crippen molar-refractivity contribution in [1.82, 2.24) is 4.98 Å². The zero-order chi connectivity index (χ0) is 13.4. The Hall–Kier alpha value is -2.13. The van der Waals surface area contributed by atoms with Crippen LogP contribution in [0.25, 0.3) is 21.8 Å². The number of carbonyl (C=O) groups excluding carboxylic acids is 1. The van der Waals surface area contributed by atoms with Crippen LogP contribution in [-0.4, -0.2) is 18.1 Å². The summed E-state index contributed by atoms with van der Waals surface area (Å²) < 4.78 is 4.88. The van der Waals surface area contributed by atoms with Gasteiger partial charge in [-0.3, -0.25) is 0 Å². The highest BCUT2D eigenvalue weighted by molar-refractivity contribution is 6.31. The Morgan fingerprint density at radius 1 is 1.11 bits per heavy atom. The molecule has 0 radical (unpaired) electrons. The number of halogens is 1. The highest BCUT2D eigenvalue weighted by Crippen LogP contribution is 2.28. The fourth-order valence-corrected chi connectivity index (χ4v) is 2.35. The third-order valence-electron chi connectivity index (χ3n) is 3.03. The number of esters is 1. The van der Waals surface area contributed by atoms with Crippen LogP contribution in [0.1, 0.15) is 10.4 Å². The second-order valence-corrected chi connectivity index (χ2v) is 4.59. The van der Waals surface area contributed by atoms with Gasteiger partial charge in [0.15, 0.2) is 0 Å². The highest BCUT2D eigenvalue weighted by atomic mass is 35.5. The Morgan fingerprint density at radius 3 is 2.63 bits per heavy atom. The van der Waals surface area contributed by atoms with Gasteiger partial charge < -0.3 is 4.74 Å². The molecule has 0 aliphatic carbocycles. The molecular formula is C15H10ClNO2. The van der Waals surface area contributed by atoms with Gasteiger partial charge in [-0.05, 0) is 18.2 Å². The number of aromatic nitrogens is 1. The lowest BCUT2D eigenvalue weighted by molar-refractivity contribution is 0.0605. The molecule has 3 aromatic rings. The lowest BCUT2D eigenvalue weighted by Gasteiger charge is -2.09. The maximum Gasteiger partial charge on any atom is 0.339 e. The van der Waals surface area contributed by atoms with Crippen molar-refractivity contribution in [1.29, 1.82) is 0 Å². The van der Waals surface area contributed by atoms with Crippen molar-refractivity contribution in [3.63, 3.8) is 0 Å². The Balaban J connectivity index is 2.52. The molecule has 94 valence electrons. The van der Waals surface area contributed by atoms with Gasteiger partial charge in [-0.1, -0.05) is 35.9 Å². The van der Waals surface area contributed by atoms with Crippen molar-refractivity contribution in [3.8, 4) is 0 Å². The van der Waals surface area contributed by atoms with E-state index in [9.17, 15) is 4.79 Å². The molecule has 0 aliphatic heterocycles. The van der Waals surface area contributed by atoms with Gasteiger partial charge >= 0.3 is 5.97 Å². The van der Waals surface area contributed by atoms with Crippen molar-refractivity contribution in [2.24, 2.45) is 0 Å². The van der Waals surface area contributed by atoms with E-state index in [-0.39, 0.29) is 5.97 Å². The van der Waals surface area contributed by atoms with Crippen LogP contribution in [0.15, 0.2) is 42.5 Å². The zero-order valence-electron chi connectivity index (χ0n) is 10.2. The van der Waals surface area contributed by atoms with E-state index in [0.717, 1.165) is 16.3 Å². The number of hydrogen-bond acceptors (Lipinski definition) is 3. The van der Waals surface area contributed by atoms with Gasteiger partial charge in [-0.15, -0.1) is 0 Å². The fraction of sp³-hybridized carbons (Fsp3) is 0.0667. The Labute approximate surface area is 114 Å². The average Bonchev–Trinajstić information content (AvgIpc) is 2.43. The number of nitrogens with zero attached hydrogens (tertiary/aromatic N) is 1. The first-order valence-electron chi connectivity index (χ1n) is 5.77.